The van der Waals surface area contributed by atoms with E-state index in [9.17, 15) is 4.79 Å². The number of rotatable bonds is 2. The minimum Gasteiger partial charge on any atom is -0.398 e. The summed E-state index contributed by atoms with van der Waals surface area (Å²) in [4.78, 5) is 16.1. The first kappa shape index (κ1) is 12.4. The molecular weight excluding hydrogens is 250 g/mol. The molecule has 1 aromatic carbocycles. The lowest BCUT2D eigenvalue weighted by atomic mass is 10.2. The molecule has 1 amide bonds. The van der Waals surface area contributed by atoms with Gasteiger partial charge < -0.3 is 11.1 Å². The maximum Gasteiger partial charge on any atom is 0.258 e. The Bertz CT molecular complexity index is 599. The zero-order valence-electron chi connectivity index (χ0n) is 9.77. The highest BCUT2D eigenvalue weighted by Gasteiger charge is 2.13. The summed E-state index contributed by atoms with van der Waals surface area (Å²) in [6.45, 7) is 1.86. The first-order valence-electron chi connectivity index (χ1n) is 5.36. The third kappa shape index (κ3) is 2.43. The van der Waals surface area contributed by atoms with Crippen molar-refractivity contribution in [2.45, 2.75) is 6.92 Å². The van der Waals surface area contributed by atoms with Crippen molar-refractivity contribution < 1.29 is 4.79 Å². The Hall–Kier alpha value is -2.07. The van der Waals surface area contributed by atoms with Gasteiger partial charge in [-0.2, -0.15) is 0 Å². The molecule has 1 heterocycles. The summed E-state index contributed by atoms with van der Waals surface area (Å²) in [5, 5.41) is 2.96. The van der Waals surface area contributed by atoms with Crippen molar-refractivity contribution in [2.24, 2.45) is 0 Å². The first-order valence-corrected chi connectivity index (χ1v) is 5.74. The van der Waals surface area contributed by atoms with E-state index in [0.29, 0.717) is 17.1 Å². The van der Waals surface area contributed by atoms with Gasteiger partial charge >= 0.3 is 0 Å². The zero-order chi connectivity index (χ0) is 13.1. The third-order valence-electron chi connectivity index (χ3n) is 2.51. The molecular formula is C13H12ClN3O. The predicted octanol–water partition coefficient (Wildman–Crippen LogP) is 2.88. The van der Waals surface area contributed by atoms with Crippen molar-refractivity contribution in [3.63, 3.8) is 0 Å². The lowest BCUT2D eigenvalue weighted by molar-refractivity contribution is 0.102. The fourth-order valence-electron chi connectivity index (χ4n) is 1.52. The van der Waals surface area contributed by atoms with Gasteiger partial charge in [-0.15, -0.1) is 0 Å². The molecule has 0 aliphatic rings. The van der Waals surface area contributed by atoms with Crippen LogP contribution in [0.15, 0.2) is 36.5 Å². The van der Waals surface area contributed by atoms with Crippen LogP contribution in [0.25, 0.3) is 0 Å². The quantitative estimate of drug-likeness (QED) is 0.817. The van der Waals surface area contributed by atoms with Crippen LogP contribution in [0.1, 0.15) is 15.9 Å². The lowest BCUT2D eigenvalue weighted by Gasteiger charge is -2.09. The molecule has 0 saturated carbocycles. The molecule has 0 unspecified atom stereocenters. The Balaban J connectivity index is 2.28. The van der Waals surface area contributed by atoms with Crippen molar-refractivity contribution in [1.82, 2.24) is 4.98 Å². The number of aryl methyl sites for hydroxylation is 1. The van der Waals surface area contributed by atoms with Crippen molar-refractivity contribution in [3.05, 3.63) is 52.7 Å². The van der Waals surface area contributed by atoms with E-state index in [1.54, 1.807) is 30.5 Å². The predicted molar refractivity (Wildman–Crippen MR) is 72.8 cm³/mol. The fraction of sp³-hybridized carbons (Fsp3) is 0.0769. The molecule has 1 aromatic heterocycles. The molecule has 0 spiro atoms. The van der Waals surface area contributed by atoms with Crippen LogP contribution in [-0.4, -0.2) is 10.9 Å². The number of nitrogens with two attached hydrogens (primary N) is 1. The van der Waals surface area contributed by atoms with E-state index in [4.69, 9.17) is 17.3 Å². The number of nitrogens with one attached hydrogen (secondary N) is 1. The Morgan fingerprint density at radius 2 is 2.11 bits per heavy atom. The second-order valence-corrected chi connectivity index (χ2v) is 4.21. The highest BCUT2D eigenvalue weighted by atomic mass is 35.5. The summed E-state index contributed by atoms with van der Waals surface area (Å²) < 4.78 is 0. The van der Waals surface area contributed by atoms with Crippen LogP contribution in [0.3, 0.4) is 0 Å². The van der Waals surface area contributed by atoms with Crippen LogP contribution < -0.4 is 11.1 Å². The number of carbonyl (C=O) groups is 1. The van der Waals surface area contributed by atoms with Crippen LogP contribution in [-0.2, 0) is 0 Å². The number of pyridine rings is 1. The topological polar surface area (TPSA) is 68.0 Å². The number of aromatic nitrogens is 1. The largest absolute Gasteiger partial charge is 0.398 e. The molecule has 2 aromatic rings. The van der Waals surface area contributed by atoms with E-state index >= 15 is 0 Å². The van der Waals surface area contributed by atoms with Gasteiger partial charge in [0.2, 0.25) is 0 Å². The molecule has 0 fully saturated rings. The van der Waals surface area contributed by atoms with Gasteiger partial charge in [0.15, 0.2) is 0 Å². The average molecular weight is 262 g/mol. The normalized spacial score (nSPS) is 10.1. The zero-order valence-corrected chi connectivity index (χ0v) is 10.5. The van der Waals surface area contributed by atoms with Gasteiger partial charge in [0.05, 0.1) is 16.3 Å². The number of anilines is 2. The summed E-state index contributed by atoms with van der Waals surface area (Å²) in [5.41, 5.74) is 7.25. The van der Waals surface area contributed by atoms with Gasteiger partial charge in [0.25, 0.3) is 5.91 Å². The Kier molecular flexibility index (Phi) is 3.48. The smallest absolute Gasteiger partial charge is 0.258 e. The maximum absolute atomic E-state index is 12.0. The molecule has 18 heavy (non-hydrogen) atoms. The summed E-state index contributed by atoms with van der Waals surface area (Å²) in [6, 6.07) is 8.61. The molecule has 0 radical (unpaired) electrons. The summed E-state index contributed by atoms with van der Waals surface area (Å²) in [6.07, 6.45) is 1.61. The number of nitrogen functional groups attached to an aromatic ring is 1. The summed E-state index contributed by atoms with van der Waals surface area (Å²) >= 11 is 5.99. The monoisotopic (exact) mass is 261 g/mol. The third-order valence-corrected chi connectivity index (χ3v) is 2.94. The van der Waals surface area contributed by atoms with Crippen molar-refractivity contribution in [1.29, 1.82) is 0 Å². The van der Waals surface area contributed by atoms with Crippen LogP contribution >= 0.6 is 11.6 Å². The second-order valence-electron chi connectivity index (χ2n) is 3.83. The number of amides is 1. The van der Waals surface area contributed by atoms with Crippen LogP contribution in [0, 0.1) is 6.92 Å². The fourth-order valence-corrected chi connectivity index (χ4v) is 1.73. The van der Waals surface area contributed by atoms with E-state index in [1.165, 1.54) is 0 Å². The number of hydrogen-bond acceptors (Lipinski definition) is 3. The summed E-state index contributed by atoms with van der Waals surface area (Å²) in [5.74, 6) is 0.190. The number of benzene rings is 1. The molecule has 0 bridgehead atoms. The maximum atomic E-state index is 12.0. The van der Waals surface area contributed by atoms with E-state index in [2.05, 4.69) is 10.3 Å². The Morgan fingerprint density at radius 1 is 1.33 bits per heavy atom. The molecule has 92 valence electrons. The van der Waals surface area contributed by atoms with Crippen LogP contribution in [0.4, 0.5) is 11.5 Å². The van der Waals surface area contributed by atoms with E-state index < -0.39 is 0 Å². The first-order chi connectivity index (χ1) is 8.59. The van der Waals surface area contributed by atoms with Gasteiger partial charge in [-0.1, -0.05) is 23.7 Å². The van der Waals surface area contributed by atoms with Crippen LogP contribution in [0.5, 0.6) is 0 Å². The average Bonchev–Trinajstić information content (AvgIpc) is 2.35. The number of halogens is 1. The SMILES string of the molecule is Cc1cccnc1NC(=O)c1cccc(N)c1Cl. The molecule has 0 aliphatic carbocycles. The number of carbonyl (C=O) groups excluding carboxylic acids is 1. The molecule has 0 saturated heterocycles. The van der Waals surface area contributed by atoms with Gasteiger partial charge in [0, 0.05) is 6.20 Å². The highest BCUT2D eigenvalue weighted by Crippen LogP contribution is 2.24. The van der Waals surface area contributed by atoms with Gasteiger partial charge in [-0.05, 0) is 30.7 Å². The van der Waals surface area contributed by atoms with Gasteiger partial charge in [-0.25, -0.2) is 4.98 Å². The Labute approximate surface area is 110 Å². The molecule has 2 rings (SSSR count). The molecule has 4 nitrogen and oxygen atoms in total. The van der Waals surface area contributed by atoms with Gasteiger partial charge in [-0.3, -0.25) is 4.79 Å². The van der Waals surface area contributed by atoms with Crippen molar-refractivity contribution in [2.75, 3.05) is 11.1 Å². The van der Waals surface area contributed by atoms with E-state index in [-0.39, 0.29) is 10.9 Å². The van der Waals surface area contributed by atoms with Crippen LogP contribution in [0.2, 0.25) is 5.02 Å². The van der Waals surface area contributed by atoms with E-state index in [0.717, 1.165) is 5.56 Å². The number of hydrogen-bond donors (Lipinski definition) is 2. The second kappa shape index (κ2) is 5.06. The molecule has 0 aliphatic heterocycles. The van der Waals surface area contributed by atoms with Gasteiger partial charge in [0.1, 0.15) is 5.82 Å². The molecule has 3 N–H and O–H groups in total. The van der Waals surface area contributed by atoms with E-state index in [1.807, 2.05) is 13.0 Å². The highest BCUT2D eigenvalue weighted by molar-refractivity contribution is 6.36. The molecule has 0 atom stereocenters. The Morgan fingerprint density at radius 3 is 2.83 bits per heavy atom. The summed E-state index contributed by atoms with van der Waals surface area (Å²) in [7, 11) is 0. The lowest BCUT2D eigenvalue weighted by Crippen LogP contribution is -2.14. The standard InChI is InChI=1S/C13H12ClN3O/c1-8-4-3-7-16-12(8)17-13(18)9-5-2-6-10(15)11(9)14/h2-7H,15H2,1H3,(H,16,17,18). The van der Waals surface area contributed by atoms with Crippen molar-refractivity contribution in [3.8, 4) is 0 Å². The number of nitrogens with zero attached hydrogens (tertiary/aromatic N) is 1. The van der Waals surface area contributed by atoms with Crippen molar-refractivity contribution >= 4 is 29.0 Å². The molecule has 5 heteroatoms. The minimum atomic E-state index is -0.325. The minimum absolute atomic E-state index is 0.253.